The molecule has 8 heteroatoms. The highest BCUT2D eigenvalue weighted by molar-refractivity contribution is 7.16. The third kappa shape index (κ3) is 2.97. The lowest BCUT2D eigenvalue weighted by molar-refractivity contribution is 0.188. The first-order valence-electron chi connectivity index (χ1n) is 8.76. The van der Waals surface area contributed by atoms with Crippen LogP contribution in [0, 0.1) is 0 Å². The average Bonchev–Trinajstić information content (AvgIpc) is 3.43. The molecule has 140 valence electrons. The van der Waals surface area contributed by atoms with Gasteiger partial charge in [0.25, 0.3) is 0 Å². The summed E-state index contributed by atoms with van der Waals surface area (Å²) in [4.78, 5) is 17.2. The first-order valence-corrected chi connectivity index (χ1v) is 10.0. The fourth-order valence-corrected chi connectivity index (χ4v) is 4.12. The number of methoxy groups -OCH3 is 1. The molecule has 0 radical (unpaired) electrons. The number of imidazole rings is 2. The number of ether oxygens (including phenoxy) is 1. The Morgan fingerprint density at radius 1 is 1.14 bits per heavy atom. The maximum Gasteiger partial charge on any atom is 0.159 e. The van der Waals surface area contributed by atoms with Crippen LogP contribution in [0.25, 0.3) is 44.2 Å². The topological polar surface area (TPSA) is 68.6 Å². The van der Waals surface area contributed by atoms with Gasteiger partial charge in [0.2, 0.25) is 0 Å². The van der Waals surface area contributed by atoms with Crippen LogP contribution in [0.3, 0.4) is 0 Å². The van der Waals surface area contributed by atoms with E-state index in [2.05, 4.69) is 31.7 Å². The Hall–Kier alpha value is -2.74. The molecule has 0 bridgehead atoms. The van der Waals surface area contributed by atoms with Crippen LogP contribution in [-0.2, 0) is 11.3 Å². The Labute approximate surface area is 169 Å². The monoisotopic (exact) mass is 409 g/mol. The number of fused-ring (bicyclic) bond motifs is 2. The zero-order chi connectivity index (χ0) is 19.1. The molecule has 3 heterocycles. The van der Waals surface area contributed by atoms with Gasteiger partial charge in [-0.2, -0.15) is 0 Å². The Morgan fingerprint density at radius 3 is 2.96 bits per heavy atom. The van der Waals surface area contributed by atoms with Crippen LogP contribution >= 0.6 is 22.9 Å². The number of nitrogens with zero attached hydrogens (tertiary/aromatic N) is 4. The fraction of sp³-hybridized carbons (Fsp3) is 0.150. The van der Waals surface area contributed by atoms with E-state index in [0.717, 1.165) is 44.2 Å². The molecule has 0 amide bonds. The van der Waals surface area contributed by atoms with Crippen molar-refractivity contribution in [2.75, 3.05) is 13.7 Å². The van der Waals surface area contributed by atoms with E-state index in [9.17, 15) is 0 Å². The predicted octanol–water partition coefficient (Wildman–Crippen LogP) is 5.00. The number of aromatic amines is 1. The van der Waals surface area contributed by atoms with Crippen LogP contribution in [0.1, 0.15) is 0 Å². The summed E-state index contributed by atoms with van der Waals surface area (Å²) in [5.41, 5.74) is 6.52. The van der Waals surface area contributed by atoms with Crippen molar-refractivity contribution in [2.45, 2.75) is 6.54 Å². The van der Waals surface area contributed by atoms with Gasteiger partial charge in [0.1, 0.15) is 11.5 Å². The SMILES string of the molecule is COCCn1c(-c2cnc(-c3ccc4scnc4c3)[nH]2)nc2ccc(Cl)cc21. The lowest BCUT2D eigenvalue weighted by atomic mass is 10.2. The molecule has 5 aromatic rings. The van der Waals surface area contributed by atoms with Gasteiger partial charge >= 0.3 is 0 Å². The molecular weight excluding hydrogens is 394 g/mol. The van der Waals surface area contributed by atoms with Crippen LogP contribution in [-0.4, -0.2) is 38.2 Å². The van der Waals surface area contributed by atoms with E-state index in [1.54, 1.807) is 18.4 Å². The first kappa shape index (κ1) is 17.4. The van der Waals surface area contributed by atoms with Crippen molar-refractivity contribution >= 4 is 44.2 Å². The second kappa shape index (κ2) is 7.01. The molecule has 0 aliphatic heterocycles. The molecular formula is C20H16ClN5OS. The van der Waals surface area contributed by atoms with Gasteiger partial charge in [-0.25, -0.2) is 15.0 Å². The second-order valence-electron chi connectivity index (χ2n) is 6.39. The normalized spacial score (nSPS) is 11.6. The van der Waals surface area contributed by atoms with E-state index in [-0.39, 0.29) is 0 Å². The van der Waals surface area contributed by atoms with E-state index in [0.29, 0.717) is 18.2 Å². The number of hydrogen-bond acceptors (Lipinski definition) is 5. The molecule has 0 unspecified atom stereocenters. The van der Waals surface area contributed by atoms with E-state index in [1.807, 2.05) is 36.0 Å². The van der Waals surface area contributed by atoms with Crippen LogP contribution < -0.4 is 0 Å². The predicted molar refractivity (Wildman–Crippen MR) is 113 cm³/mol. The minimum absolute atomic E-state index is 0.576. The molecule has 28 heavy (non-hydrogen) atoms. The first-order chi connectivity index (χ1) is 13.7. The lowest BCUT2D eigenvalue weighted by Gasteiger charge is -2.07. The third-order valence-corrected chi connectivity index (χ3v) is 5.69. The maximum atomic E-state index is 6.20. The van der Waals surface area contributed by atoms with Gasteiger partial charge in [-0.3, -0.25) is 0 Å². The van der Waals surface area contributed by atoms with Gasteiger partial charge in [0, 0.05) is 24.2 Å². The summed E-state index contributed by atoms with van der Waals surface area (Å²) in [6.45, 7) is 1.24. The largest absolute Gasteiger partial charge is 0.383 e. The molecule has 0 spiro atoms. The molecule has 0 saturated carbocycles. The molecule has 0 fully saturated rings. The minimum Gasteiger partial charge on any atom is -0.383 e. The van der Waals surface area contributed by atoms with Gasteiger partial charge < -0.3 is 14.3 Å². The number of halogens is 1. The Kier molecular flexibility index (Phi) is 4.35. The van der Waals surface area contributed by atoms with E-state index in [4.69, 9.17) is 21.3 Å². The van der Waals surface area contributed by atoms with Crippen molar-refractivity contribution in [1.82, 2.24) is 24.5 Å². The average molecular weight is 410 g/mol. The number of nitrogens with one attached hydrogen (secondary N) is 1. The number of thiazole rings is 1. The summed E-state index contributed by atoms with van der Waals surface area (Å²) in [6.07, 6.45) is 1.81. The van der Waals surface area contributed by atoms with Gasteiger partial charge in [0.05, 0.1) is 39.6 Å². The summed E-state index contributed by atoms with van der Waals surface area (Å²) in [5.74, 6) is 1.59. The van der Waals surface area contributed by atoms with E-state index < -0.39 is 0 Å². The summed E-state index contributed by atoms with van der Waals surface area (Å²) < 4.78 is 8.54. The van der Waals surface area contributed by atoms with Crippen LogP contribution in [0.15, 0.2) is 48.1 Å². The zero-order valence-corrected chi connectivity index (χ0v) is 16.6. The van der Waals surface area contributed by atoms with Gasteiger partial charge in [-0.1, -0.05) is 11.6 Å². The van der Waals surface area contributed by atoms with Gasteiger partial charge in [-0.05, 0) is 36.4 Å². The summed E-state index contributed by atoms with van der Waals surface area (Å²) >= 11 is 7.83. The summed E-state index contributed by atoms with van der Waals surface area (Å²) in [5, 5.41) is 0.680. The second-order valence-corrected chi connectivity index (χ2v) is 7.72. The van der Waals surface area contributed by atoms with Crippen molar-refractivity contribution < 1.29 is 4.74 Å². The fourth-order valence-electron chi connectivity index (χ4n) is 3.30. The van der Waals surface area contributed by atoms with Crippen molar-refractivity contribution in [3.8, 4) is 22.9 Å². The standard InChI is InChI=1S/C20H16ClN5OS/c1-27-7-6-26-17-9-13(21)3-4-14(17)25-20(26)16-10-22-19(24-16)12-2-5-18-15(8-12)23-11-28-18/h2-5,8-11H,6-7H2,1H3,(H,22,24). The lowest BCUT2D eigenvalue weighted by Crippen LogP contribution is -2.06. The Balaban J connectivity index is 1.60. The molecule has 2 aromatic carbocycles. The third-order valence-electron chi connectivity index (χ3n) is 4.65. The highest BCUT2D eigenvalue weighted by atomic mass is 35.5. The van der Waals surface area contributed by atoms with E-state index in [1.165, 1.54) is 0 Å². The number of aromatic nitrogens is 5. The van der Waals surface area contributed by atoms with Crippen molar-refractivity contribution in [1.29, 1.82) is 0 Å². The minimum atomic E-state index is 0.576. The van der Waals surface area contributed by atoms with E-state index >= 15 is 0 Å². The number of benzene rings is 2. The number of hydrogen-bond donors (Lipinski definition) is 1. The highest BCUT2D eigenvalue weighted by Gasteiger charge is 2.16. The number of rotatable bonds is 5. The Morgan fingerprint density at radius 2 is 2.07 bits per heavy atom. The molecule has 1 N–H and O–H groups in total. The zero-order valence-electron chi connectivity index (χ0n) is 15.0. The molecule has 5 rings (SSSR count). The van der Waals surface area contributed by atoms with Crippen LogP contribution in [0.5, 0.6) is 0 Å². The molecule has 0 aliphatic carbocycles. The van der Waals surface area contributed by atoms with Crippen LogP contribution in [0.2, 0.25) is 5.02 Å². The molecule has 0 atom stereocenters. The van der Waals surface area contributed by atoms with Crippen molar-refractivity contribution in [3.05, 3.63) is 53.1 Å². The summed E-state index contributed by atoms with van der Waals surface area (Å²) in [6, 6.07) is 11.9. The smallest absolute Gasteiger partial charge is 0.159 e. The quantitative estimate of drug-likeness (QED) is 0.443. The highest BCUT2D eigenvalue weighted by Crippen LogP contribution is 2.29. The maximum absolute atomic E-state index is 6.20. The molecule has 0 aliphatic rings. The molecule has 3 aromatic heterocycles. The molecule has 6 nitrogen and oxygen atoms in total. The van der Waals surface area contributed by atoms with Gasteiger partial charge in [0.15, 0.2) is 5.82 Å². The number of H-pyrrole nitrogens is 1. The van der Waals surface area contributed by atoms with Crippen molar-refractivity contribution in [3.63, 3.8) is 0 Å². The Bertz CT molecular complexity index is 1290. The van der Waals surface area contributed by atoms with Crippen molar-refractivity contribution in [2.24, 2.45) is 0 Å². The molecule has 0 saturated heterocycles. The van der Waals surface area contributed by atoms with Gasteiger partial charge in [-0.15, -0.1) is 11.3 Å². The van der Waals surface area contributed by atoms with Crippen LogP contribution in [0.4, 0.5) is 0 Å². The summed E-state index contributed by atoms with van der Waals surface area (Å²) in [7, 11) is 1.69.